The van der Waals surface area contributed by atoms with Gasteiger partial charge in [-0.3, -0.25) is 8.74 Å². The van der Waals surface area contributed by atoms with Gasteiger partial charge in [-0.05, 0) is 12.5 Å². The minimum atomic E-state index is -2.17. The highest BCUT2D eigenvalue weighted by atomic mass is 32.2. The Morgan fingerprint density at radius 2 is 2.33 bits per heavy atom. The Labute approximate surface area is 73.9 Å². The Morgan fingerprint density at radius 3 is 2.92 bits per heavy atom. The average Bonchev–Trinajstić information content (AvgIpc) is 2.01. The van der Waals surface area contributed by atoms with Crippen molar-refractivity contribution >= 4 is 11.4 Å². The smallest absolute Gasteiger partial charge is 0.284 e. The van der Waals surface area contributed by atoms with Gasteiger partial charge in [0.15, 0.2) is 0 Å². The van der Waals surface area contributed by atoms with Crippen LogP contribution < -0.4 is 0 Å². The summed E-state index contributed by atoms with van der Waals surface area (Å²) < 4.78 is 23.0. The van der Waals surface area contributed by atoms with Gasteiger partial charge < -0.3 is 0 Å². The van der Waals surface area contributed by atoms with Crippen molar-refractivity contribution in [3.05, 3.63) is 35.4 Å². The lowest BCUT2D eigenvalue weighted by Gasteiger charge is -1.99. The van der Waals surface area contributed by atoms with Crippen molar-refractivity contribution in [1.29, 1.82) is 0 Å². The van der Waals surface area contributed by atoms with E-state index in [-0.39, 0.29) is 6.61 Å². The summed E-state index contributed by atoms with van der Waals surface area (Å²) in [7, 11) is 0. The van der Waals surface area contributed by atoms with Crippen LogP contribution in [0, 0.1) is 6.92 Å². The molecule has 0 aliphatic rings. The predicted molar refractivity (Wildman–Crippen MR) is 46.7 cm³/mol. The fourth-order valence-electron chi connectivity index (χ4n) is 0.920. The van der Waals surface area contributed by atoms with Crippen LogP contribution in [-0.4, -0.2) is 8.76 Å². The third kappa shape index (κ3) is 3.13. The number of benzene rings is 1. The summed E-state index contributed by atoms with van der Waals surface area (Å²) in [6.45, 7) is 2.13. The van der Waals surface area contributed by atoms with E-state index in [0.717, 1.165) is 11.1 Å². The summed E-state index contributed by atoms with van der Waals surface area (Å²) in [6, 6.07) is 7.60. The lowest BCUT2D eigenvalue weighted by Crippen LogP contribution is -1.95. The molecule has 3 nitrogen and oxygen atoms in total. The minimum Gasteiger partial charge on any atom is -0.284 e. The second kappa shape index (κ2) is 4.35. The molecule has 1 unspecified atom stereocenters. The first kappa shape index (κ1) is 9.38. The summed E-state index contributed by atoms with van der Waals surface area (Å²) >= 11 is -2.17. The van der Waals surface area contributed by atoms with E-state index in [4.69, 9.17) is 4.55 Å². The topological polar surface area (TPSA) is 46.5 Å². The van der Waals surface area contributed by atoms with Gasteiger partial charge in [-0.2, -0.15) is 4.21 Å². The van der Waals surface area contributed by atoms with Crippen molar-refractivity contribution in [3.63, 3.8) is 0 Å². The number of aryl methyl sites for hydroxylation is 1. The zero-order valence-corrected chi connectivity index (χ0v) is 7.50. The molecule has 66 valence electrons. The molecule has 1 aromatic rings. The maximum Gasteiger partial charge on any atom is 0.302 e. The minimum absolute atomic E-state index is 0.171. The summed E-state index contributed by atoms with van der Waals surface area (Å²) in [5.74, 6) is 0. The van der Waals surface area contributed by atoms with E-state index < -0.39 is 11.4 Å². The monoisotopic (exact) mass is 186 g/mol. The van der Waals surface area contributed by atoms with Gasteiger partial charge in [0.25, 0.3) is 0 Å². The maximum atomic E-state index is 10.1. The van der Waals surface area contributed by atoms with Gasteiger partial charge >= 0.3 is 11.4 Å². The molecule has 12 heavy (non-hydrogen) atoms. The molecule has 1 atom stereocenters. The second-order valence-corrected chi connectivity index (χ2v) is 3.14. The second-order valence-electron chi connectivity index (χ2n) is 2.47. The van der Waals surface area contributed by atoms with Crippen molar-refractivity contribution in [2.75, 3.05) is 0 Å². The molecule has 1 N–H and O–H groups in total. The van der Waals surface area contributed by atoms with Gasteiger partial charge in [0.1, 0.15) is 0 Å². The van der Waals surface area contributed by atoms with Crippen LogP contribution in [0.25, 0.3) is 0 Å². The molecule has 0 aromatic heterocycles. The molecular formula is C8H10O3S. The molecule has 0 aliphatic carbocycles. The first-order valence-corrected chi connectivity index (χ1v) is 4.51. The molecule has 0 bridgehead atoms. The average molecular weight is 186 g/mol. The SMILES string of the molecule is Cc1cccc(COS(=O)O)c1. The molecule has 0 fully saturated rings. The van der Waals surface area contributed by atoms with Crippen LogP contribution in [0.5, 0.6) is 0 Å². The summed E-state index contributed by atoms with van der Waals surface area (Å²) in [4.78, 5) is 0. The van der Waals surface area contributed by atoms with E-state index in [1.807, 2.05) is 31.2 Å². The molecule has 0 amide bonds. The standard InChI is InChI=1S/C8H10O3S/c1-7-3-2-4-8(5-7)6-11-12(9)10/h2-5H,6H2,1H3,(H,9,10). The Kier molecular flexibility index (Phi) is 3.40. The number of hydrogen-bond donors (Lipinski definition) is 1. The van der Waals surface area contributed by atoms with Crippen LogP contribution in [0.3, 0.4) is 0 Å². The van der Waals surface area contributed by atoms with Crippen molar-refractivity contribution in [2.45, 2.75) is 13.5 Å². The van der Waals surface area contributed by atoms with E-state index in [9.17, 15) is 4.21 Å². The molecule has 0 radical (unpaired) electrons. The van der Waals surface area contributed by atoms with Crippen LogP contribution in [0.15, 0.2) is 24.3 Å². The van der Waals surface area contributed by atoms with Gasteiger partial charge in [-0.1, -0.05) is 29.8 Å². The van der Waals surface area contributed by atoms with E-state index in [1.165, 1.54) is 0 Å². The van der Waals surface area contributed by atoms with E-state index in [0.29, 0.717) is 0 Å². The Balaban J connectivity index is 2.57. The summed E-state index contributed by atoms with van der Waals surface area (Å²) in [5, 5.41) is 0. The highest BCUT2D eigenvalue weighted by molar-refractivity contribution is 7.74. The first-order chi connectivity index (χ1) is 5.68. The number of hydrogen-bond acceptors (Lipinski definition) is 2. The largest absolute Gasteiger partial charge is 0.302 e. The lowest BCUT2D eigenvalue weighted by molar-refractivity contribution is 0.297. The Hall–Kier alpha value is -0.710. The van der Waals surface area contributed by atoms with E-state index >= 15 is 0 Å². The van der Waals surface area contributed by atoms with Crippen molar-refractivity contribution < 1.29 is 12.9 Å². The van der Waals surface area contributed by atoms with Gasteiger partial charge in [0.05, 0.1) is 6.61 Å². The molecule has 1 rings (SSSR count). The van der Waals surface area contributed by atoms with E-state index in [1.54, 1.807) is 0 Å². The van der Waals surface area contributed by atoms with Crippen LogP contribution in [0.2, 0.25) is 0 Å². The van der Waals surface area contributed by atoms with Crippen molar-refractivity contribution in [3.8, 4) is 0 Å². The first-order valence-electron chi connectivity index (χ1n) is 3.48. The van der Waals surface area contributed by atoms with Crippen LogP contribution in [-0.2, 0) is 22.2 Å². The molecule has 0 heterocycles. The van der Waals surface area contributed by atoms with Gasteiger partial charge in [0, 0.05) is 0 Å². The third-order valence-electron chi connectivity index (χ3n) is 1.41. The Morgan fingerprint density at radius 1 is 1.58 bits per heavy atom. The summed E-state index contributed by atoms with van der Waals surface area (Å²) in [5.41, 5.74) is 2.01. The fourth-order valence-corrected chi connectivity index (χ4v) is 1.16. The molecule has 0 saturated carbocycles. The van der Waals surface area contributed by atoms with Crippen LogP contribution >= 0.6 is 0 Å². The fraction of sp³-hybridized carbons (Fsp3) is 0.250. The zero-order chi connectivity index (χ0) is 8.97. The van der Waals surface area contributed by atoms with E-state index in [2.05, 4.69) is 4.18 Å². The molecule has 0 saturated heterocycles. The summed E-state index contributed by atoms with van der Waals surface area (Å²) in [6.07, 6.45) is 0. The highest BCUT2D eigenvalue weighted by Gasteiger charge is 1.96. The van der Waals surface area contributed by atoms with Gasteiger partial charge in [-0.25, -0.2) is 0 Å². The molecular weight excluding hydrogens is 176 g/mol. The van der Waals surface area contributed by atoms with Crippen LogP contribution in [0.4, 0.5) is 0 Å². The molecule has 0 aliphatic heterocycles. The molecule has 1 aromatic carbocycles. The van der Waals surface area contributed by atoms with Gasteiger partial charge in [-0.15, -0.1) is 0 Å². The van der Waals surface area contributed by atoms with Crippen LogP contribution in [0.1, 0.15) is 11.1 Å². The van der Waals surface area contributed by atoms with Gasteiger partial charge in [0.2, 0.25) is 0 Å². The highest BCUT2D eigenvalue weighted by Crippen LogP contribution is 2.05. The zero-order valence-electron chi connectivity index (χ0n) is 6.69. The normalized spacial score (nSPS) is 12.8. The predicted octanol–water partition coefficient (Wildman–Crippen LogP) is 1.65. The third-order valence-corrected chi connectivity index (χ3v) is 1.73. The lowest BCUT2D eigenvalue weighted by atomic mass is 10.1. The Bertz CT molecular complexity index is 285. The molecule has 4 heteroatoms. The van der Waals surface area contributed by atoms with Crippen molar-refractivity contribution in [2.24, 2.45) is 0 Å². The maximum absolute atomic E-state index is 10.1. The number of rotatable bonds is 3. The van der Waals surface area contributed by atoms with Crippen molar-refractivity contribution in [1.82, 2.24) is 0 Å². The quantitative estimate of drug-likeness (QED) is 0.730. The molecule has 0 spiro atoms.